The van der Waals surface area contributed by atoms with Crippen LogP contribution in [0.3, 0.4) is 0 Å². The Hall–Kier alpha value is -0.380. The fourth-order valence-electron chi connectivity index (χ4n) is 2.05. The largest absolute Gasteiger partial charge is 1.00 e. The van der Waals surface area contributed by atoms with Crippen molar-refractivity contribution in [1.29, 1.82) is 0 Å². The van der Waals surface area contributed by atoms with Gasteiger partial charge in [-0.3, -0.25) is 0 Å². The molecule has 0 radical (unpaired) electrons. The van der Waals surface area contributed by atoms with Gasteiger partial charge in [-0.05, 0) is 19.6 Å². The predicted octanol–water partition coefficient (Wildman–Crippen LogP) is -0.577. The summed E-state index contributed by atoms with van der Waals surface area (Å²) in [6.45, 7) is 9.89. The van der Waals surface area contributed by atoms with Crippen LogP contribution in [0.4, 0.5) is 0 Å². The number of rotatable bonds is 5. The second-order valence-corrected chi connectivity index (χ2v) is 12.3. The Balaban J connectivity index is 0. The third-order valence-corrected chi connectivity index (χ3v) is 4.16. The van der Waals surface area contributed by atoms with Crippen molar-refractivity contribution in [3.8, 4) is 0 Å². The van der Waals surface area contributed by atoms with Crippen molar-refractivity contribution in [2.45, 2.75) is 33.0 Å². The van der Waals surface area contributed by atoms with E-state index in [1.807, 2.05) is 19.1 Å². The van der Waals surface area contributed by atoms with Crippen molar-refractivity contribution >= 4 is 22.8 Å². The van der Waals surface area contributed by atoms with Gasteiger partial charge in [-0.2, -0.15) is 29.7 Å². The summed E-state index contributed by atoms with van der Waals surface area (Å²) in [6, 6.07) is 14.7. The molecular formula is C21H28Cl2O2SiZr-2. The van der Waals surface area contributed by atoms with Gasteiger partial charge in [-0.15, -0.1) is 36.1 Å². The molecule has 2 aromatic rings. The van der Waals surface area contributed by atoms with Crippen LogP contribution < -0.4 is 24.8 Å². The van der Waals surface area contributed by atoms with E-state index in [4.69, 9.17) is 9.16 Å². The number of ether oxygens (including phenoxy) is 1. The fraction of sp³-hybridized carbons (Fsp3) is 0.333. The number of halogens is 2. The van der Waals surface area contributed by atoms with E-state index in [1.165, 1.54) is 35.0 Å². The normalized spacial score (nSPS) is 11.7. The zero-order chi connectivity index (χ0) is 18.5. The molecule has 0 aromatic heterocycles. The van der Waals surface area contributed by atoms with E-state index in [0.29, 0.717) is 13.2 Å². The minimum atomic E-state index is -1.36. The van der Waals surface area contributed by atoms with E-state index in [0.717, 1.165) is 12.2 Å². The summed E-state index contributed by atoms with van der Waals surface area (Å²) < 4.78 is 13.1. The second kappa shape index (κ2) is 16.6. The van der Waals surface area contributed by atoms with Gasteiger partial charge in [0.2, 0.25) is 0 Å². The van der Waals surface area contributed by atoms with Gasteiger partial charge in [0.05, 0.1) is 6.61 Å². The number of fused-ring (bicyclic) bond motifs is 1. The average molecular weight is 503 g/mol. The smallest absolute Gasteiger partial charge is 0.183 e. The quantitative estimate of drug-likeness (QED) is 0.310. The van der Waals surface area contributed by atoms with Crippen LogP contribution in [0.25, 0.3) is 10.8 Å². The summed E-state index contributed by atoms with van der Waals surface area (Å²) in [5.41, 5.74) is 0. The van der Waals surface area contributed by atoms with Crippen molar-refractivity contribution < 1.29 is 58.2 Å². The average Bonchev–Trinajstić information content (AvgIpc) is 3.23. The molecule has 0 unspecified atom stereocenters. The molecule has 0 spiro atoms. The molecule has 0 amide bonds. The molecular weight excluding hydrogens is 474 g/mol. The van der Waals surface area contributed by atoms with E-state index in [2.05, 4.69) is 71.9 Å². The molecule has 0 fully saturated rings. The Kier molecular flexibility index (Phi) is 17.7. The molecule has 0 bridgehead atoms. The zero-order valence-electron chi connectivity index (χ0n) is 16.5. The van der Waals surface area contributed by atoms with Crippen LogP contribution in [0.1, 0.15) is 13.3 Å². The predicted molar refractivity (Wildman–Crippen MR) is 107 cm³/mol. The fourth-order valence-corrected chi connectivity index (χ4v) is 2.75. The van der Waals surface area contributed by atoms with Crippen molar-refractivity contribution in [3.05, 3.63) is 66.5 Å². The molecule has 27 heavy (non-hydrogen) atoms. The van der Waals surface area contributed by atoms with Gasteiger partial charge in [0.25, 0.3) is 0 Å². The molecule has 0 saturated heterocycles. The van der Waals surface area contributed by atoms with Gasteiger partial charge in [0.15, 0.2) is 8.32 Å². The topological polar surface area (TPSA) is 18.5 Å². The Morgan fingerprint density at radius 2 is 1.81 bits per heavy atom. The van der Waals surface area contributed by atoms with Gasteiger partial charge in [-0.1, -0.05) is 11.8 Å². The first-order valence-electron chi connectivity index (χ1n) is 8.56. The van der Waals surface area contributed by atoms with Gasteiger partial charge in [0, 0.05) is 0 Å². The van der Waals surface area contributed by atoms with Crippen molar-refractivity contribution in [3.63, 3.8) is 0 Å². The Morgan fingerprint density at radius 1 is 1.15 bits per heavy atom. The first-order chi connectivity index (χ1) is 12.0. The summed E-state index contributed by atoms with van der Waals surface area (Å²) in [4.78, 5) is 0. The number of benzene rings is 1. The second-order valence-electron chi connectivity index (χ2n) is 6.40. The van der Waals surface area contributed by atoms with Crippen LogP contribution in [0.2, 0.25) is 19.6 Å². The van der Waals surface area contributed by atoms with E-state index in [9.17, 15) is 0 Å². The summed E-state index contributed by atoms with van der Waals surface area (Å²) in [5.74, 6) is 0.860. The standard InChI is InChI=1S/C10H17O2Si.C9H7.C2H4.2ClH.Zr/c1-13(2,3)12-9-8-11-10-6-4-5-7-10;1-2-5-9-7-3-6-8(9)4-1;1-2;;;/h4,6H,5,8-9H2,1-3H3;1-7H;1H,2H3;2*1H;/q2*-1;;;;+2/p-2. The number of hydrogen-bond acceptors (Lipinski definition) is 2. The molecule has 0 saturated carbocycles. The third kappa shape index (κ3) is 14.3. The van der Waals surface area contributed by atoms with E-state index >= 15 is 0 Å². The molecule has 0 aliphatic heterocycles. The monoisotopic (exact) mass is 500 g/mol. The SMILES string of the molecule is C[CH]=[Zr+2].C[Si](C)(C)OCCOC1=[C-]CC=C1.[Cl-].[Cl-].c1ccc2[cH-]ccc2c1. The Morgan fingerprint density at radius 3 is 2.37 bits per heavy atom. The maximum atomic E-state index is 5.64. The van der Waals surface area contributed by atoms with Crippen LogP contribution >= 0.6 is 0 Å². The molecule has 0 heterocycles. The van der Waals surface area contributed by atoms with E-state index < -0.39 is 8.32 Å². The van der Waals surface area contributed by atoms with Crippen molar-refractivity contribution in [2.24, 2.45) is 0 Å². The minimum absolute atomic E-state index is 0. The maximum Gasteiger partial charge on any atom is 0.183 e. The minimum Gasteiger partial charge on any atom is -1.00 e. The van der Waals surface area contributed by atoms with E-state index in [-0.39, 0.29) is 24.8 Å². The van der Waals surface area contributed by atoms with E-state index in [1.54, 1.807) is 0 Å². The molecule has 2 aromatic carbocycles. The van der Waals surface area contributed by atoms with Crippen molar-refractivity contribution in [1.82, 2.24) is 0 Å². The van der Waals surface area contributed by atoms with Crippen LogP contribution in [0.5, 0.6) is 0 Å². The molecule has 0 atom stereocenters. The summed E-state index contributed by atoms with van der Waals surface area (Å²) in [5, 5.41) is 2.66. The third-order valence-electron chi connectivity index (χ3n) is 3.09. The molecule has 148 valence electrons. The summed E-state index contributed by atoms with van der Waals surface area (Å²) in [6.07, 6.45) is 7.96. The van der Waals surface area contributed by atoms with Crippen LogP contribution in [0.15, 0.2) is 60.4 Å². The van der Waals surface area contributed by atoms with Gasteiger partial charge < -0.3 is 34.0 Å². The van der Waals surface area contributed by atoms with Gasteiger partial charge in [-0.25, -0.2) is 6.08 Å². The summed E-state index contributed by atoms with van der Waals surface area (Å²) in [7, 11) is -1.36. The van der Waals surface area contributed by atoms with Crippen molar-refractivity contribution in [2.75, 3.05) is 13.2 Å². The molecule has 1 aliphatic carbocycles. The van der Waals surface area contributed by atoms with Crippen LogP contribution in [0, 0.1) is 6.08 Å². The van der Waals surface area contributed by atoms with Crippen LogP contribution in [-0.2, 0) is 33.4 Å². The number of allylic oxidation sites excluding steroid dienone is 3. The molecule has 0 N–H and O–H groups in total. The van der Waals surface area contributed by atoms with Gasteiger partial charge in [0.1, 0.15) is 6.61 Å². The molecule has 2 nitrogen and oxygen atoms in total. The molecule has 3 rings (SSSR count). The first kappa shape index (κ1) is 28.8. The zero-order valence-corrected chi connectivity index (χ0v) is 21.4. The molecule has 6 heteroatoms. The van der Waals surface area contributed by atoms with Gasteiger partial charge >= 0.3 is 34.9 Å². The first-order valence-corrected chi connectivity index (χ1v) is 13.4. The van der Waals surface area contributed by atoms with Crippen LogP contribution in [-0.4, -0.2) is 25.2 Å². The number of hydrogen-bond donors (Lipinski definition) is 0. The molecule has 1 aliphatic rings. The summed E-state index contributed by atoms with van der Waals surface area (Å²) >= 11 is 1.51. The maximum absolute atomic E-state index is 5.64. The Labute approximate surface area is 192 Å². The Bertz CT molecular complexity index is 661.